The summed E-state index contributed by atoms with van der Waals surface area (Å²) in [5.41, 5.74) is 3.46. The van der Waals surface area contributed by atoms with E-state index >= 15 is 0 Å². The molecule has 0 bridgehead atoms. The second kappa shape index (κ2) is 6.10. The Kier molecular flexibility index (Phi) is 4.24. The van der Waals surface area contributed by atoms with E-state index in [0.717, 1.165) is 22.6 Å². The van der Waals surface area contributed by atoms with Gasteiger partial charge in [0, 0.05) is 0 Å². The zero-order chi connectivity index (χ0) is 13.7. The molecule has 98 valence electrons. The van der Waals surface area contributed by atoms with Crippen molar-refractivity contribution in [3.63, 3.8) is 0 Å². The van der Waals surface area contributed by atoms with Crippen LogP contribution in [0.3, 0.4) is 0 Å². The minimum atomic E-state index is 0.751. The van der Waals surface area contributed by atoms with E-state index in [0.29, 0.717) is 0 Å². The van der Waals surface area contributed by atoms with Crippen molar-refractivity contribution in [1.29, 1.82) is 0 Å². The SMILES string of the molecule is COc1cc(C)c(/C=C/c2ccccc2)cc1OC. The van der Waals surface area contributed by atoms with Crippen LogP contribution in [0, 0.1) is 6.92 Å². The fourth-order valence-electron chi connectivity index (χ4n) is 1.93. The van der Waals surface area contributed by atoms with Crippen molar-refractivity contribution in [3.8, 4) is 11.5 Å². The quantitative estimate of drug-likeness (QED) is 0.762. The third-order valence-corrected chi connectivity index (χ3v) is 3.03. The summed E-state index contributed by atoms with van der Waals surface area (Å²) < 4.78 is 10.6. The van der Waals surface area contributed by atoms with Crippen molar-refractivity contribution in [1.82, 2.24) is 0 Å². The van der Waals surface area contributed by atoms with Crippen LogP contribution in [0.1, 0.15) is 16.7 Å². The third-order valence-electron chi connectivity index (χ3n) is 3.03. The smallest absolute Gasteiger partial charge is 0.161 e. The minimum Gasteiger partial charge on any atom is -0.493 e. The molecule has 2 rings (SSSR count). The summed E-state index contributed by atoms with van der Waals surface area (Å²) in [6, 6.07) is 14.2. The molecule has 0 fully saturated rings. The number of hydrogen-bond acceptors (Lipinski definition) is 2. The molecule has 0 radical (unpaired) electrons. The van der Waals surface area contributed by atoms with Gasteiger partial charge in [-0.2, -0.15) is 0 Å². The normalized spacial score (nSPS) is 10.7. The van der Waals surface area contributed by atoms with E-state index in [1.54, 1.807) is 14.2 Å². The van der Waals surface area contributed by atoms with Crippen molar-refractivity contribution in [2.75, 3.05) is 14.2 Å². The Bertz CT molecular complexity index is 571. The molecule has 0 unspecified atom stereocenters. The van der Waals surface area contributed by atoms with Crippen LogP contribution in [0.25, 0.3) is 12.2 Å². The zero-order valence-corrected chi connectivity index (χ0v) is 11.5. The summed E-state index contributed by atoms with van der Waals surface area (Å²) in [6.45, 7) is 2.06. The zero-order valence-electron chi connectivity index (χ0n) is 11.5. The van der Waals surface area contributed by atoms with Crippen molar-refractivity contribution in [2.24, 2.45) is 0 Å². The van der Waals surface area contributed by atoms with Gasteiger partial charge in [0.25, 0.3) is 0 Å². The molecule has 2 nitrogen and oxygen atoms in total. The van der Waals surface area contributed by atoms with Crippen molar-refractivity contribution < 1.29 is 9.47 Å². The molecule has 2 aromatic carbocycles. The molecule has 0 saturated heterocycles. The second-order valence-electron chi connectivity index (χ2n) is 4.31. The first kappa shape index (κ1) is 13.2. The number of benzene rings is 2. The molecule has 0 aliphatic carbocycles. The lowest BCUT2D eigenvalue weighted by atomic mass is 10.1. The van der Waals surface area contributed by atoms with Gasteiger partial charge in [-0.05, 0) is 35.7 Å². The maximum Gasteiger partial charge on any atom is 0.161 e. The average Bonchev–Trinajstić information content (AvgIpc) is 2.46. The van der Waals surface area contributed by atoms with E-state index in [1.807, 2.05) is 30.3 Å². The van der Waals surface area contributed by atoms with E-state index in [4.69, 9.17) is 9.47 Å². The van der Waals surface area contributed by atoms with Gasteiger partial charge in [-0.15, -0.1) is 0 Å². The largest absolute Gasteiger partial charge is 0.493 e. The van der Waals surface area contributed by atoms with Gasteiger partial charge in [-0.3, -0.25) is 0 Å². The van der Waals surface area contributed by atoms with Crippen molar-refractivity contribution in [2.45, 2.75) is 6.92 Å². The Labute approximate surface area is 114 Å². The van der Waals surface area contributed by atoms with Crippen LogP contribution in [-0.2, 0) is 0 Å². The molecule has 2 aromatic rings. The van der Waals surface area contributed by atoms with Crippen LogP contribution in [0.5, 0.6) is 11.5 Å². The first-order valence-corrected chi connectivity index (χ1v) is 6.20. The van der Waals surface area contributed by atoms with E-state index in [2.05, 4.69) is 31.2 Å². The fraction of sp³-hybridized carbons (Fsp3) is 0.176. The lowest BCUT2D eigenvalue weighted by Crippen LogP contribution is -1.92. The van der Waals surface area contributed by atoms with E-state index < -0.39 is 0 Å². The summed E-state index contributed by atoms with van der Waals surface area (Å²) in [4.78, 5) is 0. The predicted molar refractivity (Wildman–Crippen MR) is 79.7 cm³/mol. The Balaban J connectivity index is 2.33. The predicted octanol–water partition coefficient (Wildman–Crippen LogP) is 4.18. The van der Waals surface area contributed by atoms with E-state index in [-0.39, 0.29) is 0 Å². The Morgan fingerprint density at radius 3 is 2.11 bits per heavy atom. The molecule has 0 amide bonds. The van der Waals surface area contributed by atoms with Crippen LogP contribution in [0.2, 0.25) is 0 Å². The highest BCUT2D eigenvalue weighted by molar-refractivity contribution is 5.72. The highest BCUT2D eigenvalue weighted by atomic mass is 16.5. The first-order chi connectivity index (χ1) is 9.24. The van der Waals surface area contributed by atoms with E-state index in [9.17, 15) is 0 Å². The number of rotatable bonds is 4. The minimum absolute atomic E-state index is 0.751. The number of hydrogen-bond donors (Lipinski definition) is 0. The summed E-state index contributed by atoms with van der Waals surface area (Å²) in [7, 11) is 3.30. The summed E-state index contributed by atoms with van der Waals surface area (Å²) >= 11 is 0. The van der Waals surface area contributed by atoms with Gasteiger partial charge >= 0.3 is 0 Å². The molecule has 19 heavy (non-hydrogen) atoms. The standard InChI is InChI=1S/C17H18O2/c1-13-11-16(18-2)17(19-3)12-15(13)10-9-14-7-5-4-6-8-14/h4-12H,1-3H3/b10-9+. The average molecular weight is 254 g/mol. The molecule has 0 atom stereocenters. The van der Waals surface area contributed by atoms with Crippen LogP contribution in [0.4, 0.5) is 0 Å². The lowest BCUT2D eigenvalue weighted by molar-refractivity contribution is 0.354. The molecular weight excluding hydrogens is 236 g/mol. The van der Waals surface area contributed by atoms with Gasteiger partial charge in [-0.25, -0.2) is 0 Å². The molecule has 0 saturated carbocycles. The van der Waals surface area contributed by atoms with Gasteiger partial charge in [0.1, 0.15) is 0 Å². The summed E-state index contributed by atoms with van der Waals surface area (Å²) in [6.07, 6.45) is 4.18. The summed E-state index contributed by atoms with van der Waals surface area (Å²) in [5, 5.41) is 0. The Morgan fingerprint density at radius 2 is 1.47 bits per heavy atom. The molecule has 0 aromatic heterocycles. The number of aryl methyl sites for hydroxylation is 1. The van der Waals surface area contributed by atoms with Crippen LogP contribution in [-0.4, -0.2) is 14.2 Å². The molecule has 2 heteroatoms. The van der Waals surface area contributed by atoms with Gasteiger partial charge in [0.05, 0.1) is 14.2 Å². The van der Waals surface area contributed by atoms with Gasteiger partial charge < -0.3 is 9.47 Å². The topological polar surface area (TPSA) is 18.5 Å². The number of ether oxygens (including phenoxy) is 2. The Hall–Kier alpha value is -2.22. The van der Waals surface area contributed by atoms with Crippen LogP contribution in [0.15, 0.2) is 42.5 Å². The Morgan fingerprint density at radius 1 is 0.842 bits per heavy atom. The van der Waals surface area contributed by atoms with Gasteiger partial charge in [0.2, 0.25) is 0 Å². The molecule has 0 aliphatic heterocycles. The van der Waals surface area contributed by atoms with Gasteiger partial charge in [0.15, 0.2) is 11.5 Å². The van der Waals surface area contributed by atoms with E-state index in [1.165, 1.54) is 5.56 Å². The maximum absolute atomic E-state index is 5.33. The lowest BCUT2D eigenvalue weighted by Gasteiger charge is -2.10. The highest BCUT2D eigenvalue weighted by Crippen LogP contribution is 2.31. The fourth-order valence-corrected chi connectivity index (χ4v) is 1.93. The maximum atomic E-state index is 5.33. The second-order valence-corrected chi connectivity index (χ2v) is 4.31. The highest BCUT2D eigenvalue weighted by Gasteiger charge is 2.06. The molecule has 0 spiro atoms. The van der Waals surface area contributed by atoms with Crippen molar-refractivity contribution in [3.05, 3.63) is 59.2 Å². The third kappa shape index (κ3) is 3.16. The molecular formula is C17H18O2. The molecule has 0 aliphatic rings. The number of methoxy groups -OCH3 is 2. The monoisotopic (exact) mass is 254 g/mol. The van der Waals surface area contributed by atoms with Crippen LogP contribution >= 0.6 is 0 Å². The van der Waals surface area contributed by atoms with Gasteiger partial charge in [-0.1, -0.05) is 42.5 Å². The van der Waals surface area contributed by atoms with Crippen LogP contribution < -0.4 is 9.47 Å². The first-order valence-electron chi connectivity index (χ1n) is 6.20. The molecule has 0 heterocycles. The van der Waals surface area contributed by atoms with Crippen molar-refractivity contribution >= 4 is 12.2 Å². The summed E-state index contributed by atoms with van der Waals surface area (Å²) in [5.74, 6) is 1.51. The molecule has 0 N–H and O–H groups in total.